The highest BCUT2D eigenvalue weighted by Crippen LogP contribution is 2.16. The summed E-state index contributed by atoms with van der Waals surface area (Å²) >= 11 is 1.20. The van der Waals surface area contributed by atoms with Gasteiger partial charge >= 0.3 is 0 Å². The first kappa shape index (κ1) is 12.1. The van der Waals surface area contributed by atoms with Crippen LogP contribution in [0.3, 0.4) is 0 Å². The summed E-state index contributed by atoms with van der Waals surface area (Å²) < 4.78 is 0. The number of piperidine rings is 1. The van der Waals surface area contributed by atoms with Gasteiger partial charge in [0, 0.05) is 18.0 Å². The first-order valence-electron chi connectivity index (χ1n) is 5.26. The summed E-state index contributed by atoms with van der Waals surface area (Å²) in [4.78, 5) is 1.03. The van der Waals surface area contributed by atoms with E-state index in [0.29, 0.717) is 0 Å². The molecule has 0 N–H and O–H groups in total. The minimum atomic E-state index is 1.03. The zero-order valence-corrected chi connectivity index (χ0v) is 10.2. The standard InChI is InChI=1S/C11H17N3S/c1-10(11(2)15-9-12)8-13-14-6-4-3-5-7-14/h8H,3-7H2,1-2H3/b11-10+,13-8+. The van der Waals surface area contributed by atoms with Gasteiger partial charge in [0.05, 0.1) is 6.21 Å². The molecule has 1 saturated heterocycles. The van der Waals surface area contributed by atoms with Crippen molar-refractivity contribution in [1.29, 1.82) is 5.26 Å². The molecule has 0 aliphatic carbocycles. The van der Waals surface area contributed by atoms with E-state index in [1.165, 1.54) is 31.0 Å². The van der Waals surface area contributed by atoms with Crippen molar-refractivity contribution in [2.75, 3.05) is 13.1 Å². The second-order valence-electron chi connectivity index (χ2n) is 3.69. The molecule has 1 rings (SSSR count). The first-order chi connectivity index (χ1) is 7.24. The van der Waals surface area contributed by atoms with E-state index < -0.39 is 0 Å². The molecule has 15 heavy (non-hydrogen) atoms. The lowest BCUT2D eigenvalue weighted by Gasteiger charge is -2.23. The van der Waals surface area contributed by atoms with Crippen molar-refractivity contribution in [1.82, 2.24) is 5.01 Å². The van der Waals surface area contributed by atoms with Gasteiger partial charge in [-0.3, -0.25) is 5.01 Å². The largest absolute Gasteiger partial charge is 0.297 e. The van der Waals surface area contributed by atoms with E-state index in [2.05, 4.69) is 15.5 Å². The van der Waals surface area contributed by atoms with Crippen molar-refractivity contribution in [3.63, 3.8) is 0 Å². The maximum Gasteiger partial charge on any atom is 0.138 e. The Hall–Kier alpha value is -0.950. The van der Waals surface area contributed by atoms with E-state index in [4.69, 9.17) is 5.26 Å². The molecule has 3 nitrogen and oxygen atoms in total. The molecule has 0 aromatic carbocycles. The Labute approximate surface area is 95.8 Å². The predicted molar refractivity (Wildman–Crippen MR) is 65.5 cm³/mol. The van der Waals surface area contributed by atoms with Gasteiger partial charge in [-0.05, 0) is 50.4 Å². The highest BCUT2D eigenvalue weighted by atomic mass is 32.2. The summed E-state index contributed by atoms with van der Waals surface area (Å²) in [6.45, 7) is 6.07. The van der Waals surface area contributed by atoms with Gasteiger partial charge in [0.25, 0.3) is 0 Å². The van der Waals surface area contributed by atoms with Gasteiger partial charge in [-0.1, -0.05) is 0 Å². The molecule has 0 atom stereocenters. The number of thiocyanates is 1. The van der Waals surface area contributed by atoms with Gasteiger partial charge in [-0.2, -0.15) is 10.4 Å². The third kappa shape index (κ3) is 4.39. The number of hydrogen-bond donors (Lipinski definition) is 0. The van der Waals surface area contributed by atoms with Crippen LogP contribution in [0.2, 0.25) is 0 Å². The number of rotatable bonds is 3. The van der Waals surface area contributed by atoms with E-state index >= 15 is 0 Å². The molecule has 0 aromatic rings. The average Bonchev–Trinajstić information content (AvgIpc) is 2.27. The van der Waals surface area contributed by atoms with Gasteiger partial charge in [0.1, 0.15) is 5.40 Å². The summed E-state index contributed by atoms with van der Waals surface area (Å²) in [6, 6.07) is 0. The molecular weight excluding hydrogens is 206 g/mol. The van der Waals surface area contributed by atoms with Crippen molar-refractivity contribution in [2.24, 2.45) is 5.10 Å². The Bertz CT molecular complexity index is 295. The van der Waals surface area contributed by atoms with Crippen LogP contribution in [0.1, 0.15) is 33.1 Å². The van der Waals surface area contributed by atoms with Crippen LogP contribution in [0.25, 0.3) is 0 Å². The molecule has 1 fully saturated rings. The van der Waals surface area contributed by atoms with Gasteiger partial charge in [-0.25, -0.2) is 0 Å². The normalized spacial score (nSPS) is 18.9. The Morgan fingerprint density at radius 3 is 2.60 bits per heavy atom. The van der Waals surface area contributed by atoms with E-state index in [-0.39, 0.29) is 0 Å². The maximum atomic E-state index is 8.53. The van der Waals surface area contributed by atoms with Gasteiger partial charge < -0.3 is 0 Å². The lowest BCUT2D eigenvalue weighted by Crippen LogP contribution is -2.24. The highest BCUT2D eigenvalue weighted by Gasteiger charge is 2.06. The molecule has 4 heteroatoms. The smallest absolute Gasteiger partial charge is 0.138 e. The fraction of sp³-hybridized carbons (Fsp3) is 0.636. The topological polar surface area (TPSA) is 39.4 Å². The van der Waals surface area contributed by atoms with Gasteiger partial charge in [0.2, 0.25) is 0 Å². The summed E-state index contributed by atoms with van der Waals surface area (Å²) in [5, 5.41) is 17.1. The zero-order chi connectivity index (χ0) is 11.1. The molecule has 0 bridgehead atoms. The zero-order valence-electron chi connectivity index (χ0n) is 9.36. The van der Waals surface area contributed by atoms with Crippen LogP contribution in [0.4, 0.5) is 0 Å². The number of hydrazone groups is 1. The Balaban J connectivity index is 2.48. The number of allylic oxidation sites excluding steroid dienone is 2. The predicted octanol–water partition coefficient (Wildman–Crippen LogP) is 2.97. The minimum absolute atomic E-state index is 1.03. The lowest BCUT2D eigenvalue weighted by atomic mass is 10.2. The Kier molecular flexibility index (Phi) is 5.27. The quantitative estimate of drug-likeness (QED) is 0.545. The molecule has 82 valence electrons. The molecular formula is C11H17N3S. The maximum absolute atomic E-state index is 8.53. The lowest BCUT2D eigenvalue weighted by molar-refractivity contribution is 0.240. The summed E-state index contributed by atoms with van der Waals surface area (Å²) in [5.41, 5.74) is 1.08. The molecule has 0 spiro atoms. The van der Waals surface area contributed by atoms with Crippen molar-refractivity contribution in [2.45, 2.75) is 33.1 Å². The summed E-state index contributed by atoms with van der Waals surface area (Å²) in [5.74, 6) is 0. The fourth-order valence-electron chi connectivity index (χ4n) is 1.40. The van der Waals surface area contributed by atoms with Crippen molar-refractivity contribution < 1.29 is 0 Å². The van der Waals surface area contributed by atoms with E-state index in [1.54, 1.807) is 0 Å². The van der Waals surface area contributed by atoms with E-state index in [0.717, 1.165) is 23.6 Å². The monoisotopic (exact) mass is 223 g/mol. The second-order valence-corrected chi connectivity index (χ2v) is 4.69. The molecule has 0 radical (unpaired) electrons. The number of thioether (sulfide) groups is 1. The fourth-order valence-corrected chi connectivity index (χ4v) is 1.75. The van der Waals surface area contributed by atoms with E-state index in [9.17, 15) is 0 Å². The number of nitriles is 1. The van der Waals surface area contributed by atoms with Crippen LogP contribution in [0, 0.1) is 10.7 Å². The summed E-state index contributed by atoms with van der Waals surface area (Å²) in [6.07, 6.45) is 5.67. The molecule has 1 heterocycles. The molecule has 0 aromatic heterocycles. The van der Waals surface area contributed by atoms with Crippen molar-refractivity contribution in [3.8, 4) is 5.40 Å². The Morgan fingerprint density at radius 2 is 2.00 bits per heavy atom. The third-order valence-corrected chi connectivity index (χ3v) is 3.22. The highest BCUT2D eigenvalue weighted by molar-refractivity contribution is 8.07. The third-order valence-electron chi connectivity index (χ3n) is 2.50. The van der Waals surface area contributed by atoms with Crippen LogP contribution in [0.5, 0.6) is 0 Å². The molecule has 0 amide bonds. The van der Waals surface area contributed by atoms with Crippen LogP contribution in [0.15, 0.2) is 15.6 Å². The van der Waals surface area contributed by atoms with Crippen LogP contribution < -0.4 is 0 Å². The second kappa shape index (κ2) is 6.52. The molecule has 0 saturated carbocycles. The molecule has 0 unspecified atom stereocenters. The van der Waals surface area contributed by atoms with Crippen LogP contribution in [-0.2, 0) is 0 Å². The number of nitrogens with zero attached hydrogens (tertiary/aromatic N) is 3. The molecule has 1 aliphatic rings. The SMILES string of the molecule is CC(/C=N/N1CCCCC1)=C(/C)SC#N. The van der Waals surface area contributed by atoms with Crippen LogP contribution in [-0.4, -0.2) is 24.3 Å². The number of hydrogen-bond acceptors (Lipinski definition) is 4. The average molecular weight is 223 g/mol. The first-order valence-corrected chi connectivity index (χ1v) is 6.08. The Morgan fingerprint density at radius 1 is 1.33 bits per heavy atom. The minimum Gasteiger partial charge on any atom is -0.297 e. The van der Waals surface area contributed by atoms with Gasteiger partial charge in [-0.15, -0.1) is 0 Å². The van der Waals surface area contributed by atoms with Crippen LogP contribution >= 0.6 is 11.8 Å². The van der Waals surface area contributed by atoms with Gasteiger partial charge in [0.15, 0.2) is 0 Å². The van der Waals surface area contributed by atoms with Crippen molar-refractivity contribution in [3.05, 3.63) is 10.5 Å². The molecule has 1 aliphatic heterocycles. The van der Waals surface area contributed by atoms with E-state index in [1.807, 2.05) is 20.1 Å². The summed E-state index contributed by atoms with van der Waals surface area (Å²) in [7, 11) is 0. The van der Waals surface area contributed by atoms with Crippen molar-refractivity contribution >= 4 is 18.0 Å².